The molecule has 0 unspecified atom stereocenters. The van der Waals surface area contributed by atoms with Crippen LogP contribution in [0, 0.1) is 0 Å². The zero-order valence-electron chi connectivity index (χ0n) is 10.6. The largest absolute Gasteiger partial charge is 0.264 e. The van der Waals surface area contributed by atoms with E-state index in [9.17, 15) is 10.4 Å². The van der Waals surface area contributed by atoms with Crippen LogP contribution in [0.25, 0.3) is 10.8 Å². The van der Waals surface area contributed by atoms with E-state index in [4.69, 9.17) is 0 Å². The first-order valence-corrected chi connectivity index (χ1v) is 6.99. The number of fused-ring (bicyclic) bond motifs is 1. The van der Waals surface area contributed by atoms with Crippen LogP contribution >= 0.6 is 11.8 Å². The van der Waals surface area contributed by atoms with Gasteiger partial charge in [0.15, 0.2) is 0 Å². The third-order valence-electron chi connectivity index (χ3n) is 3.03. The van der Waals surface area contributed by atoms with Gasteiger partial charge >= 0.3 is 0 Å². The van der Waals surface area contributed by atoms with E-state index in [-0.39, 0.29) is 5.23 Å². The van der Waals surface area contributed by atoms with Crippen molar-refractivity contribution in [2.45, 2.75) is 9.79 Å². The predicted molar refractivity (Wildman–Crippen MR) is 80.6 cm³/mol. The van der Waals surface area contributed by atoms with E-state index in [1.165, 1.54) is 22.5 Å². The average molecular weight is 283 g/mol. The number of hydrogen-bond donors (Lipinski definition) is 2. The molecule has 0 spiro atoms. The Morgan fingerprint density at radius 3 is 2.25 bits per heavy atom. The monoisotopic (exact) mass is 283 g/mol. The number of benzene rings is 3. The Morgan fingerprint density at radius 2 is 1.45 bits per heavy atom. The van der Waals surface area contributed by atoms with E-state index in [1.807, 2.05) is 30.3 Å². The van der Waals surface area contributed by atoms with Crippen molar-refractivity contribution in [3.8, 4) is 0 Å². The van der Waals surface area contributed by atoms with E-state index in [0.717, 1.165) is 9.79 Å². The summed E-state index contributed by atoms with van der Waals surface area (Å²) < 4.78 is 0. The van der Waals surface area contributed by atoms with E-state index in [0.29, 0.717) is 5.69 Å². The zero-order chi connectivity index (χ0) is 13.9. The molecule has 3 nitrogen and oxygen atoms in total. The van der Waals surface area contributed by atoms with Crippen LogP contribution in [0.5, 0.6) is 0 Å². The van der Waals surface area contributed by atoms with Gasteiger partial charge in [0.1, 0.15) is 5.69 Å². The van der Waals surface area contributed by atoms with Gasteiger partial charge in [-0.1, -0.05) is 54.2 Å². The highest BCUT2D eigenvalue weighted by Crippen LogP contribution is 2.35. The molecule has 0 heterocycles. The molecule has 3 aromatic carbocycles. The lowest BCUT2D eigenvalue weighted by molar-refractivity contribution is 0.0277. The maximum Gasteiger partial charge on any atom is 0.108 e. The first-order chi connectivity index (χ1) is 9.74. The van der Waals surface area contributed by atoms with E-state index < -0.39 is 0 Å². The number of nitrogens with zero attached hydrogens (tertiary/aromatic N) is 1. The summed E-state index contributed by atoms with van der Waals surface area (Å²) in [4.78, 5) is 1.84. The molecule has 4 heteroatoms. The molecule has 0 bridgehead atoms. The molecule has 3 rings (SSSR count). The molecule has 3 aromatic rings. The third kappa shape index (κ3) is 2.63. The van der Waals surface area contributed by atoms with E-state index in [2.05, 4.69) is 24.3 Å². The minimum atomic E-state index is 0.156. The Balaban J connectivity index is 1.97. The van der Waals surface area contributed by atoms with Gasteiger partial charge in [-0.15, -0.1) is 5.23 Å². The van der Waals surface area contributed by atoms with Crippen molar-refractivity contribution >= 4 is 28.2 Å². The highest BCUT2D eigenvalue weighted by atomic mass is 32.2. The average Bonchev–Trinajstić information content (AvgIpc) is 2.47. The summed E-state index contributed by atoms with van der Waals surface area (Å²) in [6.45, 7) is 0. The topological polar surface area (TPSA) is 43.7 Å². The Hall–Kier alpha value is -2.01. The van der Waals surface area contributed by atoms with Gasteiger partial charge in [0.25, 0.3) is 0 Å². The standard InChI is InChI=1S/C16H13NO2S/c18-17(19)15-7-3-4-8-16(15)20-14-10-9-12-5-1-2-6-13(12)11-14/h1-11,18-19H. The lowest BCUT2D eigenvalue weighted by Crippen LogP contribution is -2.11. The first kappa shape index (κ1) is 13.0. The van der Waals surface area contributed by atoms with Crippen LogP contribution in [0.4, 0.5) is 5.69 Å². The predicted octanol–water partition coefficient (Wildman–Crippen LogP) is 4.58. The smallest absolute Gasteiger partial charge is 0.108 e. The highest BCUT2D eigenvalue weighted by Gasteiger charge is 2.08. The molecule has 0 amide bonds. The number of anilines is 1. The lowest BCUT2D eigenvalue weighted by atomic mass is 10.1. The molecule has 20 heavy (non-hydrogen) atoms. The van der Waals surface area contributed by atoms with Crippen molar-refractivity contribution in [1.82, 2.24) is 0 Å². The Kier molecular flexibility index (Phi) is 3.60. The summed E-state index contributed by atoms with van der Waals surface area (Å²) >= 11 is 1.50. The van der Waals surface area contributed by atoms with Crippen molar-refractivity contribution in [3.05, 3.63) is 66.7 Å². The van der Waals surface area contributed by atoms with Gasteiger partial charge in [0.05, 0.1) is 0 Å². The summed E-state index contributed by atoms with van der Waals surface area (Å²) in [5, 5.41) is 21.0. The number of rotatable bonds is 3. The summed E-state index contributed by atoms with van der Waals surface area (Å²) in [5.74, 6) is 0. The number of para-hydroxylation sites is 1. The minimum Gasteiger partial charge on any atom is -0.264 e. The van der Waals surface area contributed by atoms with Crippen molar-refractivity contribution in [1.29, 1.82) is 0 Å². The van der Waals surface area contributed by atoms with Gasteiger partial charge < -0.3 is 0 Å². The van der Waals surface area contributed by atoms with Crippen LogP contribution in [-0.4, -0.2) is 10.4 Å². The number of hydrogen-bond acceptors (Lipinski definition) is 4. The zero-order valence-corrected chi connectivity index (χ0v) is 11.4. The molecular formula is C16H13NO2S. The Bertz CT molecular complexity index is 743. The van der Waals surface area contributed by atoms with Gasteiger partial charge in [-0.25, -0.2) is 0 Å². The maximum absolute atomic E-state index is 9.23. The van der Waals surface area contributed by atoms with Crippen LogP contribution in [0.1, 0.15) is 0 Å². The SMILES string of the molecule is ON(O)c1ccccc1Sc1ccc2ccccc2c1. The molecule has 0 aliphatic carbocycles. The summed E-state index contributed by atoms with van der Waals surface area (Å²) in [6, 6.07) is 21.5. The van der Waals surface area contributed by atoms with Gasteiger partial charge in [0.2, 0.25) is 0 Å². The molecule has 0 aliphatic rings. The fourth-order valence-electron chi connectivity index (χ4n) is 2.07. The quantitative estimate of drug-likeness (QED) is 0.691. The molecule has 0 saturated carbocycles. The molecule has 0 saturated heterocycles. The normalized spacial score (nSPS) is 10.7. The fourth-order valence-corrected chi connectivity index (χ4v) is 3.04. The van der Waals surface area contributed by atoms with Crippen LogP contribution in [0.15, 0.2) is 76.5 Å². The summed E-state index contributed by atoms with van der Waals surface area (Å²) in [7, 11) is 0. The molecule has 2 N–H and O–H groups in total. The van der Waals surface area contributed by atoms with Crippen molar-refractivity contribution in [2.24, 2.45) is 0 Å². The Morgan fingerprint density at radius 1 is 0.750 bits per heavy atom. The van der Waals surface area contributed by atoms with E-state index in [1.54, 1.807) is 12.1 Å². The second-order valence-electron chi connectivity index (χ2n) is 4.37. The van der Waals surface area contributed by atoms with Crippen molar-refractivity contribution in [3.63, 3.8) is 0 Å². The second kappa shape index (κ2) is 5.54. The van der Waals surface area contributed by atoms with Gasteiger partial charge in [-0.3, -0.25) is 10.4 Å². The van der Waals surface area contributed by atoms with Crippen molar-refractivity contribution < 1.29 is 10.4 Å². The third-order valence-corrected chi connectivity index (χ3v) is 4.08. The van der Waals surface area contributed by atoms with Gasteiger partial charge in [-0.2, -0.15) is 0 Å². The highest BCUT2D eigenvalue weighted by molar-refractivity contribution is 7.99. The Labute approximate surface area is 121 Å². The molecule has 0 aliphatic heterocycles. The maximum atomic E-state index is 9.23. The fraction of sp³-hybridized carbons (Fsp3) is 0. The summed E-state index contributed by atoms with van der Waals surface area (Å²) in [6.07, 6.45) is 0. The molecule has 0 atom stereocenters. The lowest BCUT2D eigenvalue weighted by Gasteiger charge is -2.13. The molecule has 0 radical (unpaired) electrons. The molecule has 0 aromatic heterocycles. The van der Waals surface area contributed by atoms with Crippen LogP contribution in [-0.2, 0) is 0 Å². The van der Waals surface area contributed by atoms with Crippen LogP contribution < -0.4 is 5.23 Å². The molecule has 100 valence electrons. The second-order valence-corrected chi connectivity index (χ2v) is 5.48. The molecule has 0 fully saturated rings. The van der Waals surface area contributed by atoms with E-state index >= 15 is 0 Å². The molecular weight excluding hydrogens is 270 g/mol. The van der Waals surface area contributed by atoms with Gasteiger partial charge in [0, 0.05) is 9.79 Å². The van der Waals surface area contributed by atoms with Crippen LogP contribution in [0.3, 0.4) is 0 Å². The minimum absolute atomic E-state index is 0.156. The summed E-state index contributed by atoms with van der Waals surface area (Å²) in [5.41, 5.74) is 0.366. The van der Waals surface area contributed by atoms with Gasteiger partial charge in [-0.05, 0) is 35.0 Å². The first-order valence-electron chi connectivity index (χ1n) is 6.17. The van der Waals surface area contributed by atoms with Crippen molar-refractivity contribution in [2.75, 3.05) is 5.23 Å². The van der Waals surface area contributed by atoms with Crippen LogP contribution in [0.2, 0.25) is 0 Å².